The smallest absolute Gasteiger partial charge is 0.276 e. The van der Waals surface area contributed by atoms with Gasteiger partial charge in [0.2, 0.25) is 5.91 Å². The van der Waals surface area contributed by atoms with Gasteiger partial charge in [-0.25, -0.2) is 9.07 Å². The van der Waals surface area contributed by atoms with Crippen molar-refractivity contribution in [2.75, 3.05) is 10.6 Å². The maximum Gasteiger partial charge on any atom is 0.276 e. The van der Waals surface area contributed by atoms with Gasteiger partial charge >= 0.3 is 0 Å². The Hall–Kier alpha value is -3.74. The van der Waals surface area contributed by atoms with E-state index in [1.807, 2.05) is 0 Å². The van der Waals surface area contributed by atoms with Gasteiger partial charge in [0, 0.05) is 12.6 Å². The van der Waals surface area contributed by atoms with E-state index in [4.69, 9.17) is 0 Å². The monoisotopic (exact) mass is 404 g/mol. The number of nitrogens with one attached hydrogen (secondary N) is 2. The van der Waals surface area contributed by atoms with Crippen molar-refractivity contribution in [1.29, 1.82) is 0 Å². The summed E-state index contributed by atoms with van der Waals surface area (Å²) in [6, 6.07) is 14.4. The predicted octanol–water partition coefficient (Wildman–Crippen LogP) is 4.56. The molecule has 0 fully saturated rings. The molecule has 2 aromatic carbocycles. The minimum absolute atomic E-state index is 0.0890. The molecule has 0 bridgehead atoms. The summed E-state index contributed by atoms with van der Waals surface area (Å²) >= 11 is 0. The minimum Gasteiger partial charge on any atom is -0.324 e. The SMILES string of the molecule is O=C(CC1C=CCC1)Nc1ccccc1NC(=O)c1ccn(-c2ccc(F)cc2)n1. The summed E-state index contributed by atoms with van der Waals surface area (Å²) < 4.78 is 14.6. The van der Waals surface area contributed by atoms with Gasteiger partial charge in [0.15, 0.2) is 5.69 Å². The highest BCUT2D eigenvalue weighted by Gasteiger charge is 2.17. The largest absolute Gasteiger partial charge is 0.324 e. The van der Waals surface area contributed by atoms with Crippen molar-refractivity contribution in [2.45, 2.75) is 19.3 Å². The summed E-state index contributed by atoms with van der Waals surface area (Å²) in [5, 5.41) is 9.93. The molecule has 0 saturated carbocycles. The minimum atomic E-state index is -0.406. The van der Waals surface area contributed by atoms with Gasteiger partial charge in [-0.3, -0.25) is 9.59 Å². The summed E-state index contributed by atoms with van der Waals surface area (Å²) in [4.78, 5) is 25.0. The zero-order chi connectivity index (χ0) is 20.9. The van der Waals surface area contributed by atoms with Crippen LogP contribution in [-0.4, -0.2) is 21.6 Å². The van der Waals surface area contributed by atoms with Gasteiger partial charge < -0.3 is 10.6 Å². The van der Waals surface area contributed by atoms with Crippen LogP contribution < -0.4 is 10.6 Å². The fourth-order valence-electron chi connectivity index (χ4n) is 3.37. The van der Waals surface area contributed by atoms with Crippen molar-refractivity contribution in [3.8, 4) is 5.69 Å². The highest BCUT2D eigenvalue weighted by molar-refractivity contribution is 6.06. The number of aromatic nitrogens is 2. The molecule has 1 aromatic heterocycles. The molecule has 2 N–H and O–H groups in total. The van der Waals surface area contributed by atoms with Crippen LogP contribution in [0.2, 0.25) is 0 Å². The number of hydrogen-bond acceptors (Lipinski definition) is 3. The van der Waals surface area contributed by atoms with Crippen molar-refractivity contribution < 1.29 is 14.0 Å². The number of carbonyl (C=O) groups is 2. The van der Waals surface area contributed by atoms with Crippen molar-refractivity contribution in [1.82, 2.24) is 9.78 Å². The second-order valence-electron chi connectivity index (χ2n) is 7.14. The lowest BCUT2D eigenvalue weighted by atomic mass is 10.0. The van der Waals surface area contributed by atoms with Crippen LogP contribution >= 0.6 is 0 Å². The zero-order valence-electron chi connectivity index (χ0n) is 16.2. The number of allylic oxidation sites excluding steroid dienone is 2. The summed E-state index contributed by atoms with van der Waals surface area (Å²) in [6.07, 6.45) is 8.21. The van der Waals surface area contributed by atoms with E-state index in [2.05, 4.69) is 27.9 Å². The number of para-hydroxylation sites is 2. The molecule has 0 radical (unpaired) electrons. The summed E-state index contributed by atoms with van der Waals surface area (Å²) in [6.45, 7) is 0. The molecule has 152 valence electrons. The van der Waals surface area contributed by atoms with Crippen LogP contribution in [0.15, 0.2) is 72.9 Å². The van der Waals surface area contributed by atoms with Gasteiger partial charge in [-0.05, 0) is 61.2 Å². The van der Waals surface area contributed by atoms with Crippen LogP contribution in [0.25, 0.3) is 5.69 Å². The van der Waals surface area contributed by atoms with Crippen LogP contribution in [0, 0.1) is 11.7 Å². The van der Waals surface area contributed by atoms with Gasteiger partial charge in [0.25, 0.3) is 5.91 Å². The summed E-state index contributed by atoms with van der Waals surface area (Å²) in [5.41, 5.74) is 1.88. The maximum atomic E-state index is 13.1. The van der Waals surface area contributed by atoms with E-state index in [0.29, 0.717) is 23.5 Å². The van der Waals surface area contributed by atoms with Gasteiger partial charge in [0.05, 0.1) is 17.1 Å². The molecule has 4 rings (SSSR count). The molecule has 0 spiro atoms. The van der Waals surface area contributed by atoms with Crippen LogP contribution in [0.5, 0.6) is 0 Å². The molecule has 1 aliphatic carbocycles. The molecule has 2 amide bonds. The van der Waals surface area contributed by atoms with Crippen LogP contribution in [0.1, 0.15) is 29.8 Å². The Balaban J connectivity index is 1.44. The lowest BCUT2D eigenvalue weighted by Gasteiger charge is -2.13. The summed E-state index contributed by atoms with van der Waals surface area (Å²) in [7, 11) is 0. The Morgan fingerprint density at radius 1 is 1.03 bits per heavy atom. The van der Waals surface area contributed by atoms with E-state index in [-0.39, 0.29) is 23.3 Å². The van der Waals surface area contributed by atoms with Gasteiger partial charge in [0.1, 0.15) is 5.82 Å². The van der Waals surface area contributed by atoms with E-state index in [1.54, 1.807) is 48.7 Å². The number of benzene rings is 2. The zero-order valence-corrected chi connectivity index (χ0v) is 16.2. The predicted molar refractivity (Wildman–Crippen MR) is 113 cm³/mol. The maximum absolute atomic E-state index is 13.1. The third-order valence-corrected chi connectivity index (χ3v) is 4.92. The number of amides is 2. The average Bonchev–Trinajstić information content (AvgIpc) is 3.42. The Bertz CT molecular complexity index is 1090. The number of carbonyl (C=O) groups excluding carboxylic acids is 2. The average molecular weight is 404 g/mol. The Morgan fingerprint density at radius 3 is 2.47 bits per heavy atom. The molecule has 30 heavy (non-hydrogen) atoms. The third kappa shape index (κ3) is 4.63. The van der Waals surface area contributed by atoms with Crippen molar-refractivity contribution in [2.24, 2.45) is 5.92 Å². The Labute approximate surface area is 173 Å². The molecule has 1 atom stereocenters. The standard InChI is InChI=1S/C23H21FN4O2/c24-17-9-11-18(12-10-17)28-14-13-21(27-28)23(30)26-20-8-4-3-7-19(20)25-22(29)15-16-5-1-2-6-16/h1,3-5,7-14,16H,2,6,15H2,(H,25,29)(H,26,30). The van der Waals surface area contributed by atoms with Gasteiger partial charge in [-0.15, -0.1) is 0 Å². The molecule has 1 unspecified atom stereocenters. The van der Waals surface area contributed by atoms with Gasteiger partial charge in [-0.1, -0.05) is 24.3 Å². The molecule has 7 heteroatoms. The van der Waals surface area contributed by atoms with Crippen molar-refractivity contribution >= 4 is 23.2 Å². The van der Waals surface area contributed by atoms with Crippen molar-refractivity contribution in [3.05, 3.63) is 84.5 Å². The second kappa shape index (κ2) is 8.73. The van der Waals surface area contributed by atoms with Crippen LogP contribution in [0.3, 0.4) is 0 Å². The Morgan fingerprint density at radius 2 is 1.77 bits per heavy atom. The first-order valence-electron chi connectivity index (χ1n) is 9.77. The number of halogens is 1. The quantitative estimate of drug-likeness (QED) is 0.592. The molecule has 0 aliphatic heterocycles. The lowest BCUT2D eigenvalue weighted by molar-refractivity contribution is -0.116. The van der Waals surface area contributed by atoms with E-state index in [9.17, 15) is 14.0 Å². The molecule has 1 aliphatic rings. The molecule has 1 heterocycles. The number of hydrogen-bond donors (Lipinski definition) is 2. The fraction of sp³-hybridized carbons (Fsp3) is 0.174. The topological polar surface area (TPSA) is 76.0 Å². The third-order valence-electron chi connectivity index (χ3n) is 4.92. The highest BCUT2D eigenvalue weighted by Crippen LogP contribution is 2.24. The van der Waals surface area contributed by atoms with Crippen LogP contribution in [-0.2, 0) is 4.79 Å². The van der Waals surface area contributed by atoms with Crippen LogP contribution in [0.4, 0.5) is 15.8 Å². The first kappa shape index (κ1) is 19.6. The Kier molecular flexibility index (Phi) is 5.70. The number of anilines is 2. The van der Waals surface area contributed by atoms with Gasteiger partial charge in [-0.2, -0.15) is 5.10 Å². The summed E-state index contributed by atoms with van der Waals surface area (Å²) in [5.74, 6) is -0.571. The van der Waals surface area contributed by atoms with E-state index >= 15 is 0 Å². The first-order valence-corrected chi connectivity index (χ1v) is 9.77. The molecule has 3 aromatic rings. The fourth-order valence-corrected chi connectivity index (χ4v) is 3.37. The van der Waals surface area contributed by atoms with E-state index in [1.165, 1.54) is 16.8 Å². The number of nitrogens with zero attached hydrogens (tertiary/aromatic N) is 2. The molecular weight excluding hydrogens is 383 g/mol. The lowest BCUT2D eigenvalue weighted by Crippen LogP contribution is -2.18. The van der Waals surface area contributed by atoms with E-state index < -0.39 is 5.91 Å². The number of rotatable bonds is 6. The van der Waals surface area contributed by atoms with E-state index in [0.717, 1.165) is 12.8 Å². The molecule has 0 saturated heterocycles. The second-order valence-corrected chi connectivity index (χ2v) is 7.14. The highest BCUT2D eigenvalue weighted by atomic mass is 19.1. The normalized spacial score (nSPS) is 15.2. The first-order chi connectivity index (χ1) is 14.6. The molecular formula is C23H21FN4O2. The molecule has 6 nitrogen and oxygen atoms in total. The van der Waals surface area contributed by atoms with Crippen molar-refractivity contribution in [3.63, 3.8) is 0 Å².